The number of anilines is 1. The molecule has 1 amide bonds. The highest BCUT2D eigenvalue weighted by Gasteiger charge is 2.15. The van der Waals surface area contributed by atoms with Crippen LogP contribution in [0.4, 0.5) is 5.95 Å². The van der Waals surface area contributed by atoms with Crippen molar-refractivity contribution in [2.75, 3.05) is 26.1 Å². The number of hydrogen-bond acceptors (Lipinski definition) is 6. The van der Waals surface area contributed by atoms with E-state index in [0.29, 0.717) is 23.9 Å². The van der Waals surface area contributed by atoms with Crippen LogP contribution >= 0.6 is 0 Å². The molecule has 0 radical (unpaired) electrons. The molecular formula is C19H22N6O2. The molecule has 8 heteroatoms. The summed E-state index contributed by atoms with van der Waals surface area (Å²) in [6.07, 6.45) is 1.68. The molecule has 140 valence electrons. The molecule has 0 saturated heterocycles. The Labute approximate surface area is 157 Å². The van der Waals surface area contributed by atoms with Gasteiger partial charge in [0.15, 0.2) is 0 Å². The standard InChI is InChI=1S/C19H22N6O2/c1-24(2)19-20-9-8-14(22-19)12-21-18(26)17-11-16(23-25(17)3)13-6-5-7-15(10-13)27-4/h5-11H,12H2,1-4H3,(H,21,26). The van der Waals surface area contributed by atoms with Crippen molar-refractivity contribution in [2.45, 2.75) is 6.54 Å². The summed E-state index contributed by atoms with van der Waals surface area (Å²) >= 11 is 0. The Balaban J connectivity index is 1.74. The van der Waals surface area contributed by atoms with Crippen LogP contribution in [-0.2, 0) is 13.6 Å². The fraction of sp³-hybridized carbons (Fsp3) is 0.263. The van der Waals surface area contributed by atoms with Crippen molar-refractivity contribution in [3.63, 3.8) is 0 Å². The van der Waals surface area contributed by atoms with Gasteiger partial charge < -0.3 is 15.0 Å². The number of aromatic nitrogens is 4. The van der Waals surface area contributed by atoms with Crippen LogP contribution in [0.1, 0.15) is 16.2 Å². The van der Waals surface area contributed by atoms with Crippen molar-refractivity contribution < 1.29 is 9.53 Å². The maximum absolute atomic E-state index is 12.6. The van der Waals surface area contributed by atoms with Gasteiger partial charge in [-0.05, 0) is 24.3 Å². The topological polar surface area (TPSA) is 85.2 Å². The number of aryl methyl sites for hydroxylation is 1. The number of rotatable bonds is 6. The Morgan fingerprint density at radius 2 is 2.07 bits per heavy atom. The van der Waals surface area contributed by atoms with Gasteiger partial charge in [0.1, 0.15) is 11.4 Å². The summed E-state index contributed by atoms with van der Waals surface area (Å²) in [5.41, 5.74) is 2.79. The maximum atomic E-state index is 12.6. The molecule has 2 heterocycles. The molecule has 0 saturated carbocycles. The summed E-state index contributed by atoms with van der Waals surface area (Å²) in [6.45, 7) is 0.307. The van der Waals surface area contributed by atoms with Gasteiger partial charge in [-0.2, -0.15) is 5.10 Å². The summed E-state index contributed by atoms with van der Waals surface area (Å²) in [5.74, 6) is 1.12. The molecule has 2 aromatic heterocycles. The van der Waals surface area contributed by atoms with Crippen molar-refractivity contribution in [1.29, 1.82) is 0 Å². The van der Waals surface area contributed by atoms with Crippen LogP contribution in [0.15, 0.2) is 42.6 Å². The highest BCUT2D eigenvalue weighted by atomic mass is 16.5. The second kappa shape index (κ2) is 7.86. The minimum atomic E-state index is -0.218. The predicted octanol–water partition coefficient (Wildman–Crippen LogP) is 1.88. The lowest BCUT2D eigenvalue weighted by Crippen LogP contribution is -2.26. The number of carbonyl (C=O) groups excluding carboxylic acids is 1. The molecule has 1 aromatic carbocycles. The number of carbonyl (C=O) groups is 1. The highest BCUT2D eigenvalue weighted by molar-refractivity contribution is 5.93. The average molecular weight is 366 g/mol. The zero-order valence-electron chi connectivity index (χ0n) is 15.8. The fourth-order valence-corrected chi connectivity index (χ4v) is 2.56. The van der Waals surface area contributed by atoms with E-state index in [4.69, 9.17) is 4.74 Å². The van der Waals surface area contributed by atoms with Crippen LogP contribution in [0.2, 0.25) is 0 Å². The summed E-state index contributed by atoms with van der Waals surface area (Å²) in [6, 6.07) is 11.1. The number of nitrogens with one attached hydrogen (secondary N) is 1. The van der Waals surface area contributed by atoms with Crippen molar-refractivity contribution in [3.8, 4) is 17.0 Å². The lowest BCUT2D eigenvalue weighted by molar-refractivity contribution is 0.0941. The summed E-state index contributed by atoms with van der Waals surface area (Å²) in [5, 5.41) is 7.31. The largest absolute Gasteiger partial charge is 0.497 e. The molecule has 0 bridgehead atoms. The van der Waals surface area contributed by atoms with E-state index in [-0.39, 0.29) is 5.91 Å². The lowest BCUT2D eigenvalue weighted by atomic mass is 10.1. The normalized spacial score (nSPS) is 10.5. The number of ether oxygens (including phenoxy) is 1. The maximum Gasteiger partial charge on any atom is 0.269 e. The molecule has 0 atom stereocenters. The first-order valence-corrected chi connectivity index (χ1v) is 8.44. The molecule has 3 rings (SSSR count). The van der Waals surface area contributed by atoms with E-state index in [1.54, 1.807) is 37.2 Å². The minimum absolute atomic E-state index is 0.218. The van der Waals surface area contributed by atoms with Gasteiger partial charge in [0.25, 0.3) is 5.91 Å². The Morgan fingerprint density at radius 3 is 2.81 bits per heavy atom. The van der Waals surface area contributed by atoms with Gasteiger partial charge in [0, 0.05) is 32.9 Å². The van der Waals surface area contributed by atoms with Crippen molar-refractivity contribution >= 4 is 11.9 Å². The Hall–Kier alpha value is -3.42. The molecule has 0 aliphatic carbocycles. The summed E-state index contributed by atoms with van der Waals surface area (Å²) in [7, 11) is 7.10. The number of methoxy groups -OCH3 is 1. The van der Waals surface area contributed by atoms with E-state index in [1.807, 2.05) is 43.3 Å². The smallest absolute Gasteiger partial charge is 0.269 e. The van der Waals surface area contributed by atoms with Gasteiger partial charge in [0.2, 0.25) is 5.95 Å². The molecule has 0 fully saturated rings. The van der Waals surface area contributed by atoms with E-state index in [9.17, 15) is 4.79 Å². The predicted molar refractivity (Wildman–Crippen MR) is 103 cm³/mol. The van der Waals surface area contributed by atoms with Crippen LogP contribution in [0.3, 0.4) is 0 Å². The molecule has 8 nitrogen and oxygen atoms in total. The molecule has 3 aromatic rings. The van der Waals surface area contributed by atoms with Crippen molar-refractivity contribution in [1.82, 2.24) is 25.1 Å². The molecule has 0 aliphatic rings. The highest BCUT2D eigenvalue weighted by Crippen LogP contribution is 2.23. The van der Waals surface area contributed by atoms with Crippen LogP contribution in [0.25, 0.3) is 11.3 Å². The zero-order valence-corrected chi connectivity index (χ0v) is 15.8. The lowest BCUT2D eigenvalue weighted by Gasteiger charge is -2.11. The summed E-state index contributed by atoms with van der Waals surface area (Å²) < 4.78 is 6.81. The average Bonchev–Trinajstić information content (AvgIpc) is 3.08. The van der Waals surface area contributed by atoms with Gasteiger partial charge in [-0.1, -0.05) is 12.1 Å². The van der Waals surface area contributed by atoms with Gasteiger partial charge in [-0.15, -0.1) is 0 Å². The second-order valence-electron chi connectivity index (χ2n) is 6.20. The Bertz CT molecular complexity index is 951. The van der Waals surface area contributed by atoms with Crippen molar-refractivity contribution in [3.05, 3.63) is 54.0 Å². The van der Waals surface area contributed by atoms with Crippen LogP contribution in [-0.4, -0.2) is 46.9 Å². The third-order valence-electron chi connectivity index (χ3n) is 4.01. The second-order valence-corrected chi connectivity index (χ2v) is 6.20. The van der Waals surface area contributed by atoms with Gasteiger partial charge in [-0.25, -0.2) is 9.97 Å². The molecular weight excluding hydrogens is 344 g/mol. The van der Waals surface area contributed by atoms with E-state index >= 15 is 0 Å². The Morgan fingerprint density at radius 1 is 1.26 bits per heavy atom. The van der Waals surface area contributed by atoms with Gasteiger partial charge in [0.05, 0.1) is 25.0 Å². The fourth-order valence-electron chi connectivity index (χ4n) is 2.56. The van der Waals surface area contributed by atoms with Crippen LogP contribution in [0.5, 0.6) is 5.75 Å². The first kappa shape index (κ1) is 18.4. The van der Waals surface area contributed by atoms with E-state index in [0.717, 1.165) is 17.0 Å². The molecule has 0 aliphatic heterocycles. The molecule has 0 spiro atoms. The monoisotopic (exact) mass is 366 g/mol. The third kappa shape index (κ3) is 4.22. The number of hydrogen-bond donors (Lipinski definition) is 1. The first-order valence-electron chi connectivity index (χ1n) is 8.44. The van der Waals surface area contributed by atoms with Crippen LogP contribution in [0, 0.1) is 0 Å². The van der Waals surface area contributed by atoms with Gasteiger partial charge >= 0.3 is 0 Å². The number of amides is 1. The van der Waals surface area contributed by atoms with Crippen LogP contribution < -0.4 is 15.0 Å². The quantitative estimate of drug-likeness (QED) is 0.717. The first-order chi connectivity index (χ1) is 13.0. The molecule has 27 heavy (non-hydrogen) atoms. The molecule has 0 unspecified atom stereocenters. The number of nitrogens with zero attached hydrogens (tertiary/aromatic N) is 5. The number of benzene rings is 1. The summed E-state index contributed by atoms with van der Waals surface area (Å²) in [4.78, 5) is 23.0. The minimum Gasteiger partial charge on any atom is -0.497 e. The Kier molecular flexibility index (Phi) is 5.35. The van der Waals surface area contributed by atoms with E-state index in [2.05, 4.69) is 20.4 Å². The van der Waals surface area contributed by atoms with Crippen molar-refractivity contribution in [2.24, 2.45) is 7.05 Å². The zero-order chi connectivity index (χ0) is 19.4. The van der Waals surface area contributed by atoms with Gasteiger partial charge in [-0.3, -0.25) is 9.48 Å². The van der Waals surface area contributed by atoms with E-state index in [1.165, 1.54) is 0 Å². The third-order valence-corrected chi connectivity index (χ3v) is 4.01. The van der Waals surface area contributed by atoms with E-state index < -0.39 is 0 Å². The molecule has 1 N–H and O–H groups in total. The SMILES string of the molecule is COc1cccc(-c2cc(C(=O)NCc3ccnc(N(C)C)n3)n(C)n2)c1.